The molecule has 1 aliphatic rings. The van der Waals surface area contributed by atoms with Gasteiger partial charge in [0.2, 0.25) is 15.9 Å². The van der Waals surface area contributed by atoms with Gasteiger partial charge in [-0.05, 0) is 81.0 Å². The molecule has 1 N–H and O–H groups in total. The molecule has 38 heavy (non-hydrogen) atoms. The topological polar surface area (TPSA) is 102 Å². The zero-order valence-electron chi connectivity index (χ0n) is 22.6. The second-order valence-corrected chi connectivity index (χ2v) is 11.7. The molecule has 2 heterocycles. The highest BCUT2D eigenvalue weighted by atomic mass is 32.2. The highest BCUT2D eigenvalue weighted by molar-refractivity contribution is 7.89. The Labute approximate surface area is 224 Å². The van der Waals surface area contributed by atoms with Gasteiger partial charge in [-0.15, -0.1) is 0 Å². The van der Waals surface area contributed by atoms with Crippen LogP contribution in [0, 0.1) is 33.6 Å². The molecule has 4 rings (SSSR count). The summed E-state index contributed by atoms with van der Waals surface area (Å²) in [6.07, 6.45) is 4.44. The zero-order valence-corrected chi connectivity index (χ0v) is 23.4. The van der Waals surface area contributed by atoms with Gasteiger partial charge in [0.15, 0.2) is 10.7 Å². The number of aromatic nitrogens is 1. The molecular formula is C29H35N3O5S. The number of rotatable bonds is 8. The van der Waals surface area contributed by atoms with Gasteiger partial charge in [-0.3, -0.25) is 4.79 Å². The van der Waals surface area contributed by atoms with Crippen LogP contribution in [0.25, 0.3) is 12.2 Å². The summed E-state index contributed by atoms with van der Waals surface area (Å²) in [4.78, 5) is 12.9. The van der Waals surface area contributed by atoms with E-state index in [0.29, 0.717) is 25.1 Å². The van der Waals surface area contributed by atoms with E-state index in [-0.39, 0.29) is 35.6 Å². The van der Waals surface area contributed by atoms with Crippen molar-refractivity contribution in [3.8, 4) is 5.75 Å². The average Bonchev–Trinajstić information content (AvgIpc) is 3.27. The van der Waals surface area contributed by atoms with Gasteiger partial charge in [0, 0.05) is 25.6 Å². The Hall–Kier alpha value is -3.43. The van der Waals surface area contributed by atoms with E-state index in [1.54, 1.807) is 20.1 Å². The summed E-state index contributed by atoms with van der Waals surface area (Å²) in [6, 6.07) is 11.7. The fourth-order valence-corrected chi connectivity index (χ4v) is 6.74. The molecule has 1 saturated heterocycles. The third-order valence-corrected chi connectivity index (χ3v) is 9.05. The van der Waals surface area contributed by atoms with E-state index in [4.69, 9.17) is 9.26 Å². The van der Waals surface area contributed by atoms with Crippen molar-refractivity contribution in [3.05, 3.63) is 75.7 Å². The lowest BCUT2D eigenvalue weighted by molar-refractivity contribution is -0.126. The second-order valence-electron chi connectivity index (χ2n) is 9.85. The number of hydrogen-bond donors (Lipinski definition) is 1. The van der Waals surface area contributed by atoms with Gasteiger partial charge in [0.1, 0.15) is 11.4 Å². The van der Waals surface area contributed by atoms with Gasteiger partial charge in [-0.25, -0.2) is 8.42 Å². The third kappa shape index (κ3) is 6.00. The summed E-state index contributed by atoms with van der Waals surface area (Å²) in [6.45, 7) is 8.64. The molecule has 2 aromatic carbocycles. The number of amides is 1. The van der Waals surface area contributed by atoms with Crippen LogP contribution in [0.2, 0.25) is 0 Å². The van der Waals surface area contributed by atoms with Crippen LogP contribution in [0.1, 0.15) is 52.1 Å². The van der Waals surface area contributed by atoms with E-state index in [1.165, 1.54) is 9.87 Å². The van der Waals surface area contributed by atoms with E-state index in [9.17, 15) is 13.2 Å². The molecule has 8 nitrogen and oxygen atoms in total. The van der Waals surface area contributed by atoms with Crippen molar-refractivity contribution in [2.45, 2.75) is 52.0 Å². The van der Waals surface area contributed by atoms with E-state index >= 15 is 0 Å². The maximum Gasteiger partial charge on any atom is 0.248 e. The number of piperidine rings is 1. The molecule has 0 radical (unpaired) electrons. The van der Waals surface area contributed by atoms with Gasteiger partial charge in [-0.2, -0.15) is 4.31 Å². The summed E-state index contributed by atoms with van der Waals surface area (Å²) in [5, 5.41) is 6.92. The molecule has 202 valence electrons. The number of nitrogens with one attached hydrogen (secondary N) is 1. The lowest BCUT2D eigenvalue weighted by Gasteiger charge is -2.30. The van der Waals surface area contributed by atoms with E-state index in [2.05, 4.69) is 22.6 Å². The molecule has 1 amide bonds. The van der Waals surface area contributed by atoms with Gasteiger partial charge >= 0.3 is 0 Å². The summed E-state index contributed by atoms with van der Waals surface area (Å²) < 4.78 is 39.3. The van der Waals surface area contributed by atoms with Crippen LogP contribution in [0.5, 0.6) is 5.75 Å². The van der Waals surface area contributed by atoms with E-state index in [0.717, 1.165) is 28.0 Å². The molecule has 1 fully saturated rings. The van der Waals surface area contributed by atoms with Crippen LogP contribution in [0.4, 0.5) is 0 Å². The second kappa shape index (κ2) is 11.5. The molecule has 0 unspecified atom stereocenters. The molecule has 1 aromatic heterocycles. The minimum atomic E-state index is -3.84. The molecule has 1 aliphatic heterocycles. The Morgan fingerprint density at radius 2 is 1.79 bits per heavy atom. The number of aryl methyl sites for hydroxylation is 4. The summed E-state index contributed by atoms with van der Waals surface area (Å²) in [5.41, 5.74) is 5.66. The van der Waals surface area contributed by atoms with Crippen molar-refractivity contribution in [1.82, 2.24) is 14.8 Å². The van der Waals surface area contributed by atoms with Crippen molar-refractivity contribution in [2.24, 2.45) is 5.92 Å². The monoisotopic (exact) mass is 537 g/mol. The maximum absolute atomic E-state index is 13.6. The first-order valence-electron chi connectivity index (χ1n) is 12.7. The Kier molecular flexibility index (Phi) is 8.38. The minimum absolute atomic E-state index is 0.0708. The predicted octanol–water partition coefficient (Wildman–Crippen LogP) is 4.80. The fourth-order valence-electron chi connectivity index (χ4n) is 5.02. The first-order valence-corrected chi connectivity index (χ1v) is 14.2. The van der Waals surface area contributed by atoms with Crippen molar-refractivity contribution in [1.29, 1.82) is 0 Å². The molecule has 0 atom stereocenters. The minimum Gasteiger partial charge on any atom is -0.497 e. The molecule has 3 aromatic rings. The van der Waals surface area contributed by atoms with Crippen molar-refractivity contribution < 1.29 is 22.5 Å². The van der Waals surface area contributed by atoms with Gasteiger partial charge in [0.25, 0.3) is 0 Å². The number of hydrogen-bond acceptors (Lipinski definition) is 6. The van der Waals surface area contributed by atoms with Crippen molar-refractivity contribution in [2.75, 3.05) is 20.2 Å². The standard InChI is InChI=1S/C29H35N3O5S/c1-19-15-20(2)26(21(3)16-19)9-10-27-28(22(4)31-37-27)38(34,35)32-13-11-24(12-14-32)29(33)30-18-23-7-6-8-25(17-23)36-5/h6-10,15-17,24H,11-14,18H2,1-5H3,(H,30,33)/b10-9+. The molecular weight excluding hydrogens is 502 g/mol. The number of nitrogens with zero attached hydrogens (tertiary/aromatic N) is 2. The smallest absolute Gasteiger partial charge is 0.248 e. The van der Waals surface area contributed by atoms with Gasteiger partial charge in [-0.1, -0.05) is 41.1 Å². The molecule has 0 saturated carbocycles. The van der Waals surface area contributed by atoms with Crippen LogP contribution >= 0.6 is 0 Å². The predicted molar refractivity (Wildman–Crippen MR) is 147 cm³/mol. The molecule has 0 bridgehead atoms. The summed E-state index contributed by atoms with van der Waals surface area (Å²) in [5.74, 6) is 0.624. The number of methoxy groups -OCH3 is 1. The Morgan fingerprint density at radius 3 is 2.45 bits per heavy atom. The lowest BCUT2D eigenvalue weighted by atomic mass is 9.97. The van der Waals surface area contributed by atoms with Crippen molar-refractivity contribution in [3.63, 3.8) is 0 Å². The number of sulfonamides is 1. The normalized spacial score (nSPS) is 15.2. The largest absolute Gasteiger partial charge is 0.497 e. The quantitative estimate of drug-likeness (QED) is 0.443. The number of ether oxygens (including phenoxy) is 1. The Morgan fingerprint density at radius 1 is 1.11 bits per heavy atom. The van der Waals surface area contributed by atoms with Crippen LogP contribution in [-0.2, 0) is 21.4 Å². The summed E-state index contributed by atoms with van der Waals surface area (Å²) >= 11 is 0. The fraction of sp³-hybridized carbons (Fsp3) is 0.379. The first-order chi connectivity index (χ1) is 18.1. The highest BCUT2D eigenvalue weighted by Gasteiger charge is 2.35. The van der Waals surface area contributed by atoms with Gasteiger partial charge < -0.3 is 14.6 Å². The molecule has 0 spiro atoms. The lowest BCUT2D eigenvalue weighted by Crippen LogP contribution is -2.43. The Bertz CT molecular complexity index is 1430. The number of carbonyl (C=O) groups excluding carboxylic acids is 1. The highest BCUT2D eigenvalue weighted by Crippen LogP contribution is 2.30. The van der Waals surface area contributed by atoms with Crippen LogP contribution < -0.4 is 10.1 Å². The summed E-state index contributed by atoms with van der Waals surface area (Å²) in [7, 11) is -2.24. The van der Waals surface area contributed by atoms with E-state index in [1.807, 2.05) is 51.1 Å². The van der Waals surface area contributed by atoms with Crippen LogP contribution in [0.3, 0.4) is 0 Å². The van der Waals surface area contributed by atoms with E-state index < -0.39 is 10.0 Å². The SMILES string of the molecule is COc1cccc(CNC(=O)C2CCN(S(=O)(=O)c3c(C)noc3/C=C/c3c(C)cc(C)cc3C)CC2)c1. The number of benzene rings is 2. The zero-order chi connectivity index (χ0) is 27.4. The maximum atomic E-state index is 13.6. The third-order valence-electron chi connectivity index (χ3n) is 7.00. The van der Waals surface area contributed by atoms with Crippen molar-refractivity contribution >= 4 is 28.1 Å². The Balaban J connectivity index is 1.42. The van der Waals surface area contributed by atoms with Crippen LogP contribution in [0.15, 0.2) is 45.8 Å². The van der Waals surface area contributed by atoms with Crippen LogP contribution in [-0.4, -0.2) is 44.0 Å². The number of carbonyl (C=O) groups is 1. The molecule has 0 aliphatic carbocycles. The van der Waals surface area contributed by atoms with Gasteiger partial charge in [0.05, 0.1) is 7.11 Å². The molecule has 9 heteroatoms. The average molecular weight is 538 g/mol. The first kappa shape index (κ1) is 27.6.